The molecule has 0 spiro atoms. The van der Waals surface area contributed by atoms with Crippen molar-refractivity contribution in [3.63, 3.8) is 0 Å². The molecular weight excluding hydrogens is 452 g/mol. The fourth-order valence-electron chi connectivity index (χ4n) is 3.08. The Kier molecular flexibility index (Phi) is 6.93. The Hall–Kier alpha value is -3.40. The summed E-state index contributed by atoms with van der Waals surface area (Å²) in [6, 6.07) is 13.0. The lowest BCUT2D eigenvalue weighted by Gasteiger charge is -2.18. The second-order valence-electron chi connectivity index (χ2n) is 7.34. The molecule has 10 heteroatoms. The summed E-state index contributed by atoms with van der Waals surface area (Å²) in [6.45, 7) is -2.94. The highest BCUT2D eigenvalue weighted by Crippen LogP contribution is 2.31. The molecule has 1 aliphatic heterocycles. The molecule has 1 fully saturated rings. The molecule has 1 heterocycles. The van der Waals surface area contributed by atoms with E-state index in [9.17, 15) is 18.4 Å². The van der Waals surface area contributed by atoms with Crippen LogP contribution in [-0.4, -0.2) is 42.5 Å². The van der Waals surface area contributed by atoms with Gasteiger partial charge in [-0.25, -0.2) is 4.99 Å². The first-order valence-corrected chi connectivity index (χ1v) is 11.2. The van der Waals surface area contributed by atoms with Crippen LogP contribution in [0.4, 0.5) is 14.5 Å². The number of halogens is 2. The van der Waals surface area contributed by atoms with Crippen LogP contribution in [0.15, 0.2) is 59.2 Å². The highest BCUT2D eigenvalue weighted by molar-refractivity contribution is 8.14. The molecule has 2 aliphatic rings. The van der Waals surface area contributed by atoms with Gasteiger partial charge in [0.2, 0.25) is 5.91 Å². The van der Waals surface area contributed by atoms with E-state index in [-0.39, 0.29) is 29.1 Å². The van der Waals surface area contributed by atoms with Crippen LogP contribution in [0.1, 0.15) is 18.4 Å². The number of carbonyl (C=O) groups is 2. The lowest BCUT2D eigenvalue weighted by Crippen LogP contribution is -2.32. The molecule has 1 saturated carbocycles. The zero-order chi connectivity index (χ0) is 23.4. The van der Waals surface area contributed by atoms with E-state index in [1.165, 1.54) is 29.2 Å². The van der Waals surface area contributed by atoms with Gasteiger partial charge in [-0.05, 0) is 60.9 Å². The first-order chi connectivity index (χ1) is 15.9. The number of methoxy groups -OCH3 is 1. The van der Waals surface area contributed by atoms with Crippen molar-refractivity contribution >= 4 is 40.5 Å². The third-order valence-electron chi connectivity index (χ3n) is 4.84. The molecule has 0 bridgehead atoms. The Morgan fingerprint density at radius 2 is 1.85 bits per heavy atom. The highest BCUT2D eigenvalue weighted by atomic mass is 32.2. The maximum atomic E-state index is 13.2. The Labute approximate surface area is 193 Å². The van der Waals surface area contributed by atoms with Crippen LogP contribution in [0, 0.1) is 0 Å². The molecule has 0 radical (unpaired) electrons. The summed E-state index contributed by atoms with van der Waals surface area (Å²) >= 11 is 1.13. The van der Waals surface area contributed by atoms with Gasteiger partial charge in [0, 0.05) is 6.04 Å². The number of amidine groups is 1. The third-order valence-corrected chi connectivity index (χ3v) is 5.78. The predicted octanol–water partition coefficient (Wildman–Crippen LogP) is 4.05. The van der Waals surface area contributed by atoms with Crippen LogP contribution in [0.25, 0.3) is 6.08 Å². The number of hydrogen-bond donors (Lipinski definition) is 1. The molecule has 0 saturated heterocycles. The van der Waals surface area contributed by atoms with Gasteiger partial charge in [-0.3, -0.25) is 14.5 Å². The minimum absolute atomic E-state index is 0.0238. The minimum Gasteiger partial charge on any atom is -0.497 e. The van der Waals surface area contributed by atoms with Gasteiger partial charge in [0.1, 0.15) is 17.2 Å². The predicted molar refractivity (Wildman–Crippen MR) is 123 cm³/mol. The topological polar surface area (TPSA) is 80.2 Å². The van der Waals surface area contributed by atoms with Crippen molar-refractivity contribution in [3.8, 4) is 11.5 Å². The van der Waals surface area contributed by atoms with Crippen LogP contribution in [0.2, 0.25) is 0 Å². The molecule has 2 aromatic carbocycles. The maximum absolute atomic E-state index is 13.2. The van der Waals surface area contributed by atoms with Gasteiger partial charge in [-0.2, -0.15) is 8.78 Å². The van der Waals surface area contributed by atoms with Crippen molar-refractivity contribution in [2.45, 2.75) is 25.5 Å². The molecule has 1 N–H and O–H groups in total. The van der Waals surface area contributed by atoms with Gasteiger partial charge in [-0.1, -0.05) is 23.9 Å². The van der Waals surface area contributed by atoms with E-state index in [4.69, 9.17) is 4.74 Å². The monoisotopic (exact) mass is 473 g/mol. The van der Waals surface area contributed by atoms with Crippen LogP contribution in [0.5, 0.6) is 11.5 Å². The second kappa shape index (κ2) is 10.0. The number of amides is 2. The van der Waals surface area contributed by atoms with E-state index in [1.54, 1.807) is 37.5 Å². The van der Waals surface area contributed by atoms with Crippen molar-refractivity contribution in [2.75, 3.05) is 17.8 Å². The number of rotatable bonds is 8. The zero-order valence-corrected chi connectivity index (χ0v) is 18.5. The molecule has 2 amide bonds. The van der Waals surface area contributed by atoms with Gasteiger partial charge in [0.25, 0.3) is 5.91 Å². The first kappa shape index (κ1) is 22.8. The molecule has 7 nitrogen and oxygen atoms in total. The van der Waals surface area contributed by atoms with E-state index in [2.05, 4.69) is 15.0 Å². The molecule has 2 aromatic rings. The summed E-state index contributed by atoms with van der Waals surface area (Å²) in [5, 5.41) is 3.23. The second-order valence-corrected chi connectivity index (χ2v) is 8.28. The lowest BCUT2D eigenvalue weighted by atomic mass is 10.2. The number of nitrogens with one attached hydrogen (secondary N) is 1. The summed E-state index contributed by atoms with van der Waals surface area (Å²) in [5.74, 6) is 0.235. The normalized spacial score (nSPS) is 16.8. The van der Waals surface area contributed by atoms with E-state index in [0.717, 1.165) is 30.2 Å². The van der Waals surface area contributed by atoms with Crippen LogP contribution in [0.3, 0.4) is 0 Å². The highest BCUT2D eigenvalue weighted by Gasteiger charge is 2.33. The van der Waals surface area contributed by atoms with E-state index < -0.39 is 12.5 Å². The minimum atomic E-state index is -2.94. The fraction of sp³-hybridized carbons (Fsp3) is 0.261. The molecule has 33 heavy (non-hydrogen) atoms. The number of hydrogen-bond acceptors (Lipinski definition) is 6. The van der Waals surface area contributed by atoms with Crippen molar-refractivity contribution in [3.05, 3.63) is 59.8 Å². The van der Waals surface area contributed by atoms with E-state index in [0.29, 0.717) is 16.6 Å². The van der Waals surface area contributed by atoms with Gasteiger partial charge in [0.05, 0.1) is 18.6 Å². The van der Waals surface area contributed by atoms with Gasteiger partial charge >= 0.3 is 6.61 Å². The van der Waals surface area contributed by atoms with Crippen molar-refractivity contribution < 1.29 is 27.8 Å². The SMILES string of the molecule is COc1ccc(/C=C2/N=C(SCC(=O)NC3CC3)N(c3ccc(OC(F)F)cc3)C2=O)cc1. The Morgan fingerprint density at radius 3 is 2.45 bits per heavy atom. The molecular formula is C23H21F2N3O4S. The van der Waals surface area contributed by atoms with Crippen molar-refractivity contribution in [1.82, 2.24) is 5.32 Å². The molecule has 4 rings (SSSR count). The number of carbonyl (C=O) groups excluding carboxylic acids is 2. The van der Waals surface area contributed by atoms with E-state index in [1.807, 2.05) is 0 Å². The van der Waals surface area contributed by atoms with Gasteiger partial charge < -0.3 is 14.8 Å². The van der Waals surface area contributed by atoms with Crippen LogP contribution in [-0.2, 0) is 9.59 Å². The summed E-state index contributed by atoms with van der Waals surface area (Å²) < 4.78 is 34.5. The average molecular weight is 474 g/mol. The van der Waals surface area contributed by atoms with Gasteiger partial charge in [-0.15, -0.1) is 0 Å². The summed E-state index contributed by atoms with van der Waals surface area (Å²) in [5.41, 5.74) is 1.37. The van der Waals surface area contributed by atoms with E-state index >= 15 is 0 Å². The standard InChI is InChI=1S/C23H21F2N3O4S/c1-31-17-8-2-14(3-9-17)12-19-21(30)28(16-6-10-18(11-7-16)32-22(24)25)23(27-19)33-13-20(29)26-15-4-5-15/h2-3,6-12,15,22H,4-5,13H2,1H3,(H,26,29)/b19-12+. The number of aliphatic imine (C=N–C) groups is 1. The molecule has 0 atom stereocenters. The molecule has 172 valence electrons. The summed E-state index contributed by atoms with van der Waals surface area (Å²) in [4.78, 5) is 31.2. The van der Waals surface area contributed by atoms with Crippen LogP contribution >= 0.6 is 11.8 Å². The Morgan fingerprint density at radius 1 is 1.18 bits per heavy atom. The Bertz CT molecular complexity index is 1080. The summed E-state index contributed by atoms with van der Waals surface area (Å²) in [6.07, 6.45) is 3.59. The smallest absolute Gasteiger partial charge is 0.387 e. The number of nitrogens with zero attached hydrogens (tertiary/aromatic N) is 2. The largest absolute Gasteiger partial charge is 0.497 e. The molecule has 1 aliphatic carbocycles. The van der Waals surface area contributed by atoms with Crippen molar-refractivity contribution in [2.24, 2.45) is 4.99 Å². The van der Waals surface area contributed by atoms with Crippen molar-refractivity contribution in [1.29, 1.82) is 0 Å². The van der Waals surface area contributed by atoms with Gasteiger partial charge in [0.15, 0.2) is 5.17 Å². The molecule has 0 aromatic heterocycles. The average Bonchev–Trinajstić information content (AvgIpc) is 3.56. The Balaban J connectivity index is 1.57. The quantitative estimate of drug-likeness (QED) is 0.585. The fourth-order valence-corrected chi connectivity index (χ4v) is 3.91. The summed E-state index contributed by atoms with van der Waals surface area (Å²) in [7, 11) is 1.57. The van der Waals surface area contributed by atoms with Crippen LogP contribution < -0.4 is 19.7 Å². The lowest BCUT2D eigenvalue weighted by molar-refractivity contribution is -0.118. The number of thioether (sulfide) groups is 1. The molecule has 0 unspecified atom stereocenters. The number of anilines is 1. The number of ether oxygens (including phenoxy) is 2. The number of benzene rings is 2. The zero-order valence-electron chi connectivity index (χ0n) is 17.7. The third kappa shape index (κ3) is 5.89. The maximum Gasteiger partial charge on any atom is 0.387 e. The number of alkyl halides is 2. The first-order valence-electron chi connectivity index (χ1n) is 10.2.